The van der Waals surface area contributed by atoms with Crippen LogP contribution < -0.4 is 4.90 Å². The van der Waals surface area contributed by atoms with E-state index < -0.39 is 0 Å². The number of amides is 1. The highest BCUT2D eigenvalue weighted by molar-refractivity contribution is 5.94. The summed E-state index contributed by atoms with van der Waals surface area (Å²) in [5.74, 6) is -0.199. The highest BCUT2D eigenvalue weighted by atomic mass is 16.2. The molecule has 2 aromatic carbocycles. The summed E-state index contributed by atoms with van der Waals surface area (Å²) in [5.41, 5.74) is 3.03. The third kappa shape index (κ3) is 2.99. The molecular weight excluding hydrogens is 236 g/mol. The van der Waals surface area contributed by atoms with Gasteiger partial charge in [0.15, 0.2) is 0 Å². The minimum absolute atomic E-state index is 0.100. The van der Waals surface area contributed by atoms with Crippen molar-refractivity contribution < 1.29 is 4.79 Å². The number of nitrogens with zero attached hydrogens (tertiary/aromatic N) is 2. The van der Waals surface area contributed by atoms with Crippen molar-refractivity contribution >= 4 is 11.6 Å². The molecule has 0 saturated carbocycles. The largest absolute Gasteiger partial charge is 0.315 e. The van der Waals surface area contributed by atoms with Gasteiger partial charge in [0.1, 0.15) is 6.42 Å². The summed E-state index contributed by atoms with van der Waals surface area (Å²) in [5, 5.41) is 8.53. The maximum atomic E-state index is 11.6. The summed E-state index contributed by atoms with van der Waals surface area (Å²) in [7, 11) is 1.68. The molecular formula is C16H14N2O. The maximum absolute atomic E-state index is 11.6. The average Bonchev–Trinajstić information content (AvgIpc) is 2.48. The van der Waals surface area contributed by atoms with E-state index in [1.54, 1.807) is 7.05 Å². The number of anilines is 1. The average molecular weight is 250 g/mol. The molecule has 0 bridgehead atoms. The van der Waals surface area contributed by atoms with Crippen LogP contribution in [0.15, 0.2) is 54.6 Å². The predicted molar refractivity (Wildman–Crippen MR) is 75.5 cm³/mol. The van der Waals surface area contributed by atoms with E-state index in [0.717, 1.165) is 16.8 Å². The number of hydrogen-bond donors (Lipinski definition) is 0. The first-order valence-electron chi connectivity index (χ1n) is 6.01. The van der Waals surface area contributed by atoms with E-state index in [9.17, 15) is 4.79 Å². The van der Waals surface area contributed by atoms with Crippen LogP contribution >= 0.6 is 0 Å². The van der Waals surface area contributed by atoms with E-state index in [1.807, 2.05) is 60.7 Å². The minimum atomic E-state index is -0.199. The predicted octanol–water partition coefficient (Wildman–Crippen LogP) is 3.23. The van der Waals surface area contributed by atoms with E-state index in [0.29, 0.717) is 0 Å². The number of carbonyl (C=O) groups excluding carboxylic acids is 1. The molecule has 0 N–H and O–H groups in total. The fourth-order valence-corrected chi connectivity index (χ4v) is 1.84. The van der Waals surface area contributed by atoms with E-state index in [1.165, 1.54) is 4.90 Å². The number of benzene rings is 2. The zero-order valence-electron chi connectivity index (χ0n) is 10.7. The Morgan fingerprint density at radius 3 is 2.21 bits per heavy atom. The Labute approximate surface area is 112 Å². The van der Waals surface area contributed by atoms with E-state index in [-0.39, 0.29) is 12.3 Å². The molecule has 0 atom stereocenters. The van der Waals surface area contributed by atoms with Gasteiger partial charge in [-0.25, -0.2) is 0 Å². The SMILES string of the molecule is CN(C(=O)CC#N)c1ccc(-c2ccccc2)cc1. The van der Waals surface area contributed by atoms with Gasteiger partial charge in [-0.15, -0.1) is 0 Å². The van der Waals surface area contributed by atoms with Crippen molar-refractivity contribution in [3.05, 3.63) is 54.6 Å². The van der Waals surface area contributed by atoms with Crippen LogP contribution in [0.1, 0.15) is 6.42 Å². The molecule has 0 unspecified atom stereocenters. The van der Waals surface area contributed by atoms with Crippen molar-refractivity contribution in [1.82, 2.24) is 0 Å². The quantitative estimate of drug-likeness (QED) is 0.839. The van der Waals surface area contributed by atoms with Gasteiger partial charge < -0.3 is 4.90 Å². The van der Waals surface area contributed by atoms with Crippen molar-refractivity contribution in [3.63, 3.8) is 0 Å². The Balaban J connectivity index is 2.20. The van der Waals surface area contributed by atoms with Crippen LogP contribution in [0.25, 0.3) is 11.1 Å². The molecule has 0 heterocycles. The highest BCUT2D eigenvalue weighted by Gasteiger charge is 2.09. The summed E-state index contributed by atoms with van der Waals surface area (Å²) >= 11 is 0. The Hall–Kier alpha value is -2.60. The van der Waals surface area contributed by atoms with Gasteiger partial charge in [0.2, 0.25) is 5.91 Å². The fraction of sp³-hybridized carbons (Fsp3) is 0.125. The molecule has 2 rings (SSSR count). The topological polar surface area (TPSA) is 44.1 Å². The third-order valence-electron chi connectivity index (χ3n) is 2.97. The normalized spacial score (nSPS) is 9.68. The summed E-state index contributed by atoms with van der Waals surface area (Å²) in [6.45, 7) is 0. The summed E-state index contributed by atoms with van der Waals surface area (Å²) in [6.07, 6.45) is -0.100. The summed E-state index contributed by atoms with van der Waals surface area (Å²) in [4.78, 5) is 13.1. The smallest absolute Gasteiger partial charge is 0.240 e. The second kappa shape index (κ2) is 5.83. The van der Waals surface area contributed by atoms with Crippen LogP contribution in [0.4, 0.5) is 5.69 Å². The summed E-state index contributed by atoms with van der Waals surface area (Å²) in [6, 6.07) is 19.6. The van der Waals surface area contributed by atoms with Gasteiger partial charge >= 0.3 is 0 Å². The van der Waals surface area contributed by atoms with Gasteiger partial charge in [-0.2, -0.15) is 5.26 Å². The maximum Gasteiger partial charge on any atom is 0.240 e. The van der Waals surface area contributed by atoms with Crippen molar-refractivity contribution in [2.24, 2.45) is 0 Å². The van der Waals surface area contributed by atoms with Crippen LogP contribution in [0.3, 0.4) is 0 Å². The molecule has 0 radical (unpaired) electrons. The van der Waals surface area contributed by atoms with Gasteiger partial charge in [-0.1, -0.05) is 42.5 Å². The first kappa shape index (κ1) is 12.8. The lowest BCUT2D eigenvalue weighted by Crippen LogP contribution is -2.25. The molecule has 2 aromatic rings. The van der Waals surface area contributed by atoms with Crippen molar-refractivity contribution in [1.29, 1.82) is 5.26 Å². The van der Waals surface area contributed by atoms with Gasteiger partial charge in [0, 0.05) is 12.7 Å². The van der Waals surface area contributed by atoms with E-state index in [2.05, 4.69) is 0 Å². The molecule has 0 aliphatic heterocycles. The number of nitriles is 1. The van der Waals surface area contributed by atoms with Crippen LogP contribution in [0.5, 0.6) is 0 Å². The van der Waals surface area contributed by atoms with Crippen molar-refractivity contribution in [2.75, 3.05) is 11.9 Å². The summed E-state index contributed by atoms with van der Waals surface area (Å²) < 4.78 is 0. The molecule has 0 fully saturated rings. The number of carbonyl (C=O) groups is 1. The molecule has 3 heteroatoms. The number of rotatable bonds is 3. The highest BCUT2D eigenvalue weighted by Crippen LogP contribution is 2.22. The van der Waals surface area contributed by atoms with E-state index >= 15 is 0 Å². The molecule has 94 valence electrons. The van der Waals surface area contributed by atoms with Gasteiger partial charge in [0.25, 0.3) is 0 Å². The van der Waals surface area contributed by atoms with E-state index in [4.69, 9.17) is 5.26 Å². The molecule has 0 aromatic heterocycles. The lowest BCUT2D eigenvalue weighted by Gasteiger charge is -2.16. The molecule has 0 aliphatic carbocycles. The molecule has 0 saturated heterocycles. The Morgan fingerprint density at radius 1 is 1.05 bits per heavy atom. The van der Waals surface area contributed by atoms with Crippen LogP contribution in [-0.2, 0) is 4.79 Å². The first-order valence-corrected chi connectivity index (χ1v) is 6.01. The lowest BCUT2D eigenvalue weighted by molar-refractivity contribution is -0.117. The zero-order valence-corrected chi connectivity index (χ0v) is 10.7. The van der Waals surface area contributed by atoms with Crippen LogP contribution in [0.2, 0.25) is 0 Å². The molecule has 0 spiro atoms. The van der Waals surface area contributed by atoms with Gasteiger partial charge in [-0.05, 0) is 23.3 Å². The fourth-order valence-electron chi connectivity index (χ4n) is 1.84. The Bertz CT molecular complexity index is 597. The van der Waals surface area contributed by atoms with Crippen LogP contribution in [0, 0.1) is 11.3 Å². The first-order chi connectivity index (χ1) is 9.22. The second-order valence-corrected chi connectivity index (χ2v) is 4.20. The van der Waals surface area contributed by atoms with Crippen LogP contribution in [-0.4, -0.2) is 13.0 Å². The lowest BCUT2D eigenvalue weighted by atomic mass is 10.1. The molecule has 0 aliphatic rings. The third-order valence-corrected chi connectivity index (χ3v) is 2.97. The van der Waals surface area contributed by atoms with Crippen molar-refractivity contribution in [3.8, 4) is 17.2 Å². The Morgan fingerprint density at radius 2 is 1.63 bits per heavy atom. The molecule has 3 nitrogen and oxygen atoms in total. The zero-order chi connectivity index (χ0) is 13.7. The standard InChI is InChI=1S/C16H14N2O/c1-18(16(19)11-12-17)15-9-7-14(8-10-15)13-5-3-2-4-6-13/h2-10H,11H2,1H3. The monoisotopic (exact) mass is 250 g/mol. The molecule has 1 amide bonds. The van der Waals surface area contributed by atoms with Crippen molar-refractivity contribution in [2.45, 2.75) is 6.42 Å². The van der Waals surface area contributed by atoms with Gasteiger partial charge in [-0.3, -0.25) is 4.79 Å². The molecule has 19 heavy (non-hydrogen) atoms. The number of hydrogen-bond acceptors (Lipinski definition) is 2. The van der Waals surface area contributed by atoms with Gasteiger partial charge in [0.05, 0.1) is 6.07 Å². The second-order valence-electron chi connectivity index (χ2n) is 4.20. The Kier molecular flexibility index (Phi) is 3.94. The minimum Gasteiger partial charge on any atom is -0.315 e.